The van der Waals surface area contributed by atoms with Crippen molar-refractivity contribution < 1.29 is 0 Å². The normalized spacial score (nSPS) is 12.7. The number of nitrogens with zero attached hydrogens (tertiary/aromatic N) is 3. The Hall–Kier alpha value is -2.40. The maximum absolute atomic E-state index is 12.4. The van der Waals surface area contributed by atoms with E-state index >= 15 is 0 Å². The zero-order valence-corrected chi connectivity index (χ0v) is 12.2. The molecule has 1 unspecified atom stereocenters. The molecule has 0 aliphatic carbocycles. The van der Waals surface area contributed by atoms with Gasteiger partial charge in [-0.3, -0.25) is 4.79 Å². The Bertz CT molecular complexity index is 847. The van der Waals surface area contributed by atoms with E-state index in [2.05, 4.69) is 23.3 Å². The minimum atomic E-state index is -0.215. The van der Waals surface area contributed by atoms with Gasteiger partial charge >= 0.3 is 0 Å². The lowest BCUT2D eigenvalue weighted by Gasteiger charge is -2.17. The van der Waals surface area contributed by atoms with Gasteiger partial charge < -0.3 is 10.3 Å². The third-order valence-electron chi connectivity index (χ3n) is 3.77. The molecule has 0 saturated heterocycles. The second-order valence-electron chi connectivity index (χ2n) is 5.38. The Morgan fingerprint density at radius 1 is 1.24 bits per heavy atom. The molecule has 2 N–H and O–H groups in total. The Morgan fingerprint density at radius 2 is 2.05 bits per heavy atom. The number of aromatic nitrogens is 3. The van der Waals surface area contributed by atoms with Gasteiger partial charge in [0.15, 0.2) is 0 Å². The fraction of sp³-hybridized carbons (Fsp3) is 0.250. The summed E-state index contributed by atoms with van der Waals surface area (Å²) in [7, 11) is 0. The summed E-state index contributed by atoms with van der Waals surface area (Å²) in [5.74, 6) is 0. The number of rotatable bonds is 3. The van der Waals surface area contributed by atoms with Gasteiger partial charge in [-0.1, -0.05) is 23.8 Å². The third kappa shape index (κ3) is 2.48. The highest BCUT2D eigenvalue weighted by Crippen LogP contribution is 2.18. The van der Waals surface area contributed by atoms with Crippen LogP contribution in [0.15, 0.2) is 47.7 Å². The van der Waals surface area contributed by atoms with E-state index in [9.17, 15) is 4.79 Å². The first kappa shape index (κ1) is 13.6. The van der Waals surface area contributed by atoms with E-state index in [0.717, 1.165) is 11.1 Å². The predicted molar refractivity (Wildman–Crippen MR) is 82.3 cm³/mol. The summed E-state index contributed by atoms with van der Waals surface area (Å²) in [6.45, 7) is 4.53. The van der Waals surface area contributed by atoms with E-state index in [4.69, 9.17) is 5.73 Å². The standard InChI is InChI=1S/C16H18N4O/c1-11-3-4-12(2)13(9-11)14(17)10-19-7-8-20-15(16(19)21)5-6-18-20/h3-9,14H,10,17H2,1-2H3. The van der Waals surface area contributed by atoms with Crippen LogP contribution in [0.1, 0.15) is 22.7 Å². The number of hydrogen-bond donors (Lipinski definition) is 1. The molecule has 0 aliphatic rings. The van der Waals surface area contributed by atoms with Crippen molar-refractivity contribution in [1.82, 2.24) is 14.2 Å². The zero-order valence-electron chi connectivity index (χ0n) is 12.2. The van der Waals surface area contributed by atoms with Gasteiger partial charge in [0.25, 0.3) is 5.56 Å². The molecule has 0 saturated carbocycles. The van der Waals surface area contributed by atoms with E-state index in [1.807, 2.05) is 13.8 Å². The van der Waals surface area contributed by atoms with Gasteiger partial charge in [0.2, 0.25) is 0 Å². The van der Waals surface area contributed by atoms with Crippen molar-refractivity contribution in [2.45, 2.75) is 26.4 Å². The van der Waals surface area contributed by atoms with Crippen molar-refractivity contribution in [3.8, 4) is 0 Å². The lowest BCUT2D eigenvalue weighted by atomic mass is 9.99. The van der Waals surface area contributed by atoms with Gasteiger partial charge in [0.05, 0.1) is 6.20 Å². The van der Waals surface area contributed by atoms with Crippen LogP contribution in [0, 0.1) is 13.8 Å². The number of hydrogen-bond acceptors (Lipinski definition) is 3. The summed E-state index contributed by atoms with van der Waals surface area (Å²) in [4.78, 5) is 12.4. The Balaban J connectivity index is 1.96. The Kier molecular flexibility index (Phi) is 3.35. The molecule has 0 radical (unpaired) electrons. The second-order valence-corrected chi connectivity index (χ2v) is 5.38. The number of benzene rings is 1. The highest BCUT2D eigenvalue weighted by molar-refractivity contribution is 5.42. The molecule has 21 heavy (non-hydrogen) atoms. The molecular weight excluding hydrogens is 264 g/mol. The van der Waals surface area contributed by atoms with E-state index in [1.165, 1.54) is 5.56 Å². The molecule has 3 aromatic rings. The van der Waals surface area contributed by atoms with Crippen LogP contribution in [0.2, 0.25) is 0 Å². The fourth-order valence-corrected chi connectivity index (χ4v) is 2.57. The molecule has 3 rings (SSSR count). The topological polar surface area (TPSA) is 65.3 Å². The fourth-order valence-electron chi connectivity index (χ4n) is 2.57. The molecule has 0 aliphatic heterocycles. The molecule has 2 heterocycles. The van der Waals surface area contributed by atoms with Crippen molar-refractivity contribution in [3.63, 3.8) is 0 Å². The van der Waals surface area contributed by atoms with Crippen molar-refractivity contribution in [2.24, 2.45) is 5.73 Å². The van der Waals surface area contributed by atoms with Gasteiger partial charge in [-0.05, 0) is 31.0 Å². The molecule has 2 aromatic heterocycles. The maximum Gasteiger partial charge on any atom is 0.276 e. The lowest BCUT2D eigenvalue weighted by molar-refractivity contribution is 0.557. The van der Waals surface area contributed by atoms with E-state index in [0.29, 0.717) is 12.1 Å². The highest BCUT2D eigenvalue weighted by Gasteiger charge is 2.12. The van der Waals surface area contributed by atoms with Gasteiger partial charge in [-0.15, -0.1) is 0 Å². The minimum absolute atomic E-state index is 0.0734. The summed E-state index contributed by atoms with van der Waals surface area (Å²) in [5, 5.41) is 4.06. The SMILES string of the molecule is Cc1ccc(C)c(C(N)Cn2ccn3nccc3c2=O)c1. The molecule has 1 atom stereocenters. The van der Waals surface area contributed by atoms with Crippen LogP contribution in [0.5, 0.6) is 0 Å². The average Bonchev–Trinajstić information content (AvgIpc) is 2.93. The molecule has 108 valence electrons. The molecule has 0 fully saturated rings. The minimum Gasteiger partial charge on any atom is -0.322 e. The summed E-state index contributed by atoms with van der Waals surface area (Å²) >= 11 is 0. The average molecular weight is 282 g/mol. The van der Waals surface area contributed by atoms with Crippen LogP contribution in [0.4, 0.5) is 0 Å². The Morgan fingerprint density at radius 3 is 2.86 bits per heavy atom. The zero-order chi connectivity index (χ0) is 15.0. The van der Waals surface area contributed by atoms with Crippen molar-refractivity contribution in [1.29, 1.82) is 0 Å². The van der Waals surface area contributed by atoms with Crippen LogP contribution in [0.25, 0.3) is 5.52 Å². The van der Waals surface area contributed by atoms with Crippen LogP contribution in [-0.4, -0.2) is 14.2 Å². The summed E-state index contributed by atoms with van der Waals surface area (Å²) in [6, 6.07) is 7.71. The molecule has 0 spiro atoms. The summed E-state index contributed by atoms with van der Waals surface area (Å²) < 4.78 is 3.21. The molecule has 1 aromatic carbocycles. The molecular formula is C16H18N4O. The first-order valence-electron chi connectivity index (χ1n) is 6.92. The number of nitrogens with two attached hydrogens (primary N) is 1. The molecule has 5 nitrogen and oxygen atoms in total. The third-order valence-corrected chi connectivity index (χ3v) is 3.77. The number of aryl methyl sites for hydroxylation is 2. The van der Waals surface area contributed by atoms with Gasteiger partial charge in [-0.2, -0.15) is 5.10 Å². The first-order valence-corrected chi connectivity index (χ1v) is 6.92. The monoisotopic (exact) mass is 282 g/mol. The summed E-state index contributed by atoms with van der Waals surface area (Å²) in [6.07, 6.45) is 5.12. The van der Waals surface area contributed by atoms with E-state index < -0.39 is 0 Å². The summed E-state index contributed by atoms with van der Waals surface area (Å²) in [5.41, 5.74) is 10.2. The van der Waals surface area contributed by atoms with Crippen LogP contribution >= 0.6 is 0 Å². The van der Waals surface area contributed by atoms with Crippen molar-refractivity contribution in [3.05, 3.63) is 69.9 Å². The van der Waals surface area contributed by atoms with Crippen LogP contribution < -0.4 is 11.3 Å². The molecule has 5 heteroatoms. The van der Waals surface area contributed by atoms with Gasteiger partial charge in [0.1, 0.15) is 5.52 Å². The molecule has 0 amide bonds. The van der Waals surface area contributed by atoms with Gasteiger partial charge in [-0.25, -0.2) is 4.52 Å². The smallest absolute Gasteiger partial charge is 0.276 e. The predicted octanol–water partition coefficient (Wildman–Crippen LogP) is 1.81. The van der Waals surface area contributed by atoms with Gasteiger partial charge in [0, 0.05) is 25.0 Å². The van der Waals surface area contributed by atoms with E-state index in [1.54, 1.807) is 33.7 Å². The maximum atomic E-state index is 12.4. The van der Waals surface area contributed by atoms with E-state index in [-0.39, 0.29) is 11.6 Å². The Labute approximate surface area is 122 Å². The number of fused-ring (bicyclic) bond motifs is 1. The highest BCUT2D eigenvalue weighted by atomic mass is 16.1. The van der Waals surface area contributed by atoms with Crippen molar-refractivity contribution >= 4 is 5.52 Å². The van der Waals surface area contributed by atoms with Crippen LogP contribution in [-0.2, 0) is 6.54 Å². The first-order chi connectivity index (χ1) is 10.1. The largest absolute Gasteiger partial charge is 0.322 e. The quantitative estimate of drug-likeness (QED) is 0.797. The van der Waals surface area contributed by atoms with Crippen LogP contribution in [0.3, 0.4) is 0 Å². The van der Waals surface area contributed by atoms with Crippen molar-refractivity contribution in [2.75, 3.05) is 0 Å². The molecule has 0 bridgehead atoms. The second kappa shape index (κ2) is 5.18. The lowest BCUT2D eigenvalue weighted by Crippen LogP contribution is -2.27.